The topological polar surface area (TPSA) is 46.5 Å². The van der Waals surface area contributed by atoms with Crippen molar-refractivity contribution in [3.05, 3.63) is 51.7 Å². The third-order valence-electron chi connectivity index (χ3n) is 2.86. The Labute approximate surface area is 122 Å². The molecule has 0 aliphatic heterocycles. The number of aryl methyl sites for hydroxylation is 1. The van der Waals surface area contributed by atoms with E-state index in [0.717, 1.165) is 16.2 Å². The van der Waals surface area contributed by atoms with Gasteiger partial charge in [0.25, 0.3) is 0 Å². The zero-order valence-electron chi connectivity index (χ0n) is 11.4. The zero-order valence-corrected chi connectivity index (χ0v) is 12.2. The van der Waals surface area contributed by atoms with Gasteiger partial charge >= 0.3 is 5.97 Å². The Morgan fingerprint density at radius 2 is 2.20 bits per heavy atom. The molecule has 1 heterocycles. The normalized spacial score (nSPS) is 11.4. The van der Waals surface area contributed by atoms with Crippen molar-refractivity contribution >= 4 is 29.0 Å². The fourth-order valence-electron chi connectivity index (χ4n) is 1.97. The summed E-state index contributed by atoms with van der Waals surface area (Å²) in [7, 11) is 0. The van der Waals surface area contributed by atoms with E-state index in [1.54, 1.807) is 18.2 Å². The third-order valence-corrected chi connectivity index (χ3v) is 3.68. The van der Waals surface area contributed by atoms with Crippen LogP contribution in [0.3, 0.4) is 0 Å². The maximum Gasteiger partial charge on any atom is 0.336 e. The summed E-state index contributed by atoms with van der Waals surface area (Å²) in [5.74, 6) is -0.166. The SMILES string of the molecule is CCOc1ccc(/C(=C/c2cccs2)C(=O)O)c(C)c1. The van der Waals surface area contributed by atoms with Crippen molar-refractivity contribution in [2.75, 3.05) is 6.61 Å². The molecular formula is C16H16O3S. The highest BCUT2D eigenvalue weighted by Crippen LogP contribution is 2.26. The highest BCUT2D eigenvalue weighted by Gasteiger charge is 2.13. The fraction of sp³-hybridized carbons (Fsp3) is 0.188. The summed E-state index contributed by atoms with van der Waals surface area (Å²) >= 11 is 1.52. The second-order valence-corrected chi connectivity index (χ2v) is 5.27. The van der Waals surface area contributed by atoms with Gasteiger partial charge < -0.3 is 9.84 Å². The highest BCUT2D eigenvalue weighted by molar-refractivity contribution is 7.11. The van der Waals surface area contributed by atoms with Crippen LogP contribution in [0.1, 0.15) is 22.9 Å². The molecule has 0 radical (unpaired) electrons. The second-order valence-electron chi connectivity index (χ2n) is 4.29. The molecule has 1 N–H and O–H groups in total. The lowest BCUT2D eigenvalue weighted by molar-refractivity contribution is -0.130. The van der Waals surface area contributed by atoms with E-state index in [1.807, 2.05) is 37.4 Å². The van der Waals surface area contributed by atoms with E-state index in [1.165, 1.54) is 11.3 Å². The zero-order chi connectivity index (χ0) is 14.5. The molecule has 0 bridgehead atoms. The van der Waals surface area contributed by atoms with Crippen LogP contribution in [0.2, 0.25) is 0 Å². The smallest absolute Gasteiger partial charge is 0.336 e. The molecule has 3 nitrogen and oxygen atoms in total. The van der Waals surface area contributed by atoms with E-state index in [-0.39, 0.29) is 0 Å². The van der Waals surface area contributed by atoms with Gasteiger partial charge in [-0.05, 0) is 54.6 Å². The summed E-state index contributed by atoms with van der Waals surface area (Å²) < 4.78 is 5.42. The first-order chi connectivity index (χ1) is 9.61. The molecule has 0 spiro atoms. The summed E-state index contributed by atoms with van der Waals surface area (Å²) in [6.45, 7) is 4.40. The lowest BCUT2D eigenvalue weighted by Crippen LogP contribution is -2.02. The van der Waals surface area contributed by atoms with Gasteiger partial charge in [-0.1, -0.05) is 12.1 Å². The Balaban J connectivity index is 2.43. The Hall–Kier alpha value is -2.07. The molecule has 0 amide bonds. The van der Waals surface area contributed by atoms with Gasteiger partial charge in [-0.3, -0.25) is 0 Å². The Kier molecular flexibility index (Phi) is 4.58. The molecule has 0 aliphatic carbocycles. The average molecular weight is 288 g/mol. The first-order valence-electron chi connectivity index (χ1n) is 6.34. The summed E-state index contributed by atoms with van der Waals surface area (Å²) in [4.78, 5) is 12.4. The van der Waals surface area contributed by atoms with E-state index < -0.39 is 5.97 Å². The minimum absolute atomic E-state index is 0.299. The summed E-state index contributed by atoms with van der Waals surface area (Å²) in [5, 5.41) is 11.4. The molecule has 0 saturated heterocycles. The quantitative estimate of drug-likeness (QED) is 0.843. The van der Waals surface area contributed by atoms with Crippen molar-refractivity contribution in [3.8, 4) is 5.75 Å². The number of hydrogen-bond donors (Lipinski definition) is 1. The molecule has 1 aromatic heterocycles. The van der Waals surface area contributed by atoms with E-state index >= 15 is 0 Å². The molecule has 0 saturated carbocycles. The summed E-state index contributed by atoms with van der Waals surface area (Å²) in [5.41, 5.74) is 1.91. The van der Waals surface area contributed by atoms with Crippen molar-refractivity contribution < 1.29 is 14.6 Å². The minimum atomic E-state index is -0.925. The largest absolute Gasteiger partial charge is 0.494 e. The Morgan fingerprint density at radius 1 is 1.40 bits per heavy atom. The van der Waals surface area contributed by atoms with E-state index in [4.69, 9.17) is 4.74 Å². The molecule has 2 aromatic rings. The molecule has 4 heteroatoms. The number of ether oxygens (including phenoxy) is 1. The Bertz CT molecular complexity index is 627. The van der Waals surface area contributed by atoms with Crippen LogP contribution in [0.4, 0.5) is 0 Å². The number of carbonyl (C=O) groups is 1. The van der Waals surface area contributed by atoms with Gasteiger partial charge in [-0.2, -0.15) is 0 Å². The summed E-state index contributed by atoms with van der Waals surface area (Å²) in [6, 6.07) is 9.27. The van der Waals surface area contributed by atoms with Crippen LogP contribution in [0.5, 0.6) is 5.75 Å². The molecule has 0 fully saturated rings. The molecule has 20 heavy (non-hydrogen) atoms. The number of thiophene rings is 1. The van der Waals surface area contributed by atoms with Gasteiger partial charge in [0.05, 0.1) is 12.2 Å². The van der Waals surface area contributed by atoms with Gasteiger partial charge in [0.2, 0.25) is 0 Å². The number of carboxylic acids is 1. The predicted molar refractivity (Wildman–Crippen MR) is 82.2 cm³/mol. The van der Waals surface area contributed by atoms with Crippen LogP contribution in [0.15, 0.2) is 35.7 Å². The van der Waals surface area contributed by atoms with Crippen molar-refractivity contribution in [1.29, 1.82) is 0 Å². The number of aliphatic carboxylic acids is 1. The Morgan fingerprint density at radius 3 is 2.75 bits per heavy atom. The monoisotopic (exact) mass is 288 g/mol. The van der Waals surface area contributed by atoms with E-state index in [9.17, 15) is 9.90 Å². The van der Waals surface area contributed by atoms with Gasteiger partial charge in [0.15, 0.2) is 0 Å². The van der Waals surface area contributed by atoms with Gasteiger partial charge in [-0.25, -0.2) is 4.79 Å². The van der Waals surface area contributed by atoms with Crippen LogP contribution >= 0.6 is 11.3 Å². The van der Waals surface area contributed by atoms with Gasteiger partial charge in [0.1, 0.15) is 5.75 Å². The molecular weight excluding hydrogens is 272 g/mol. The average Bonchev–Trinajstić information content (AvgIpc) is 2.90. The van der Waals surface area contributed by atoms with Gasteiger partial charge in [0, 0.05) is 4.88 Å². The molecule has 104 valence electrons. The van der Waals surface area contributed by atoms with Crippen molar-refractivity contribution in [1.82, 2.24) is 0 Å². The molecule has 0 atom stereocenters. The molecule has 0 unspecified atom stereocenters. The number of carboxylic acid groups (broad SMARTS) is 1. The van der Waals surface area contributed by atoms with Crippen LogP contribution in [0, 0.1) is 6.92 Å². The summed E-state index contributed by atoms with van der Waals surface area (Å²) in [6.07, 6.45) is 1.70. The number of benzene rings is 1. The molecule has 0 aliphatic rings. The molecule has 1 aromatic carbocycles. The third kappa shape index (κ3) is 3.27. The van der Waals surface area contributed by atoms with Crippen molar-refractivity contribution in [3.63, 3.8) is 0 Å². The first-order valence-corrected chi connectivity index (χ1v) is 7.22. The predicted octanol–water partition coefficient (Wildman–Crippen LogP) is 4.08. The second kappa shape index (κ2) is 6.39. The lowest BCUT2D eigenvalue weighted by atomic mass is 9.99. The van der Waals surface area contributed by atoms with E-state index in [2.05, 4.69) is 0 Å². The number of rotatable bonds is 5. The van der Waals surface area contributed by atoms with Crippen molar-refractivity contribution in [2.24, 2.45) is 0 Å². The van der Waals surface area contributed by atoms with Crippen LogP contribution in [0.25, 0.3) is 11.6 Å². The van der Waals surface area contributed by atoms with Crippen LogP contribution in [-0.4, -0.2) is 17.7 Å². The van der Waals surface area contributed by atoms with Crippen LogP contribution in [-0.2, 0) is 4.79 Å². The standard InChI is InChI=1S/C16H16O3S/c1-3-19-12-6-7-14(11(2)9-12)15(16(17)18)10-13-5-4-8-20-13/h4-10H,3H2,1-2H3,(H,17,18)/b15-10-. The van der Waals surface area contributed by atoms with E-state index in [0.29, 0.717) is 17.7 Å². The number of hydrogen-bond acceptors (Lipinski definition) is 3. The lowest BCUT2D eigenvalue weighted by Gasteiger charge is -2.09. The van der Waals surface area contributed by atoms with Gasteiger partial charge in [-0.15, -0.1) is 11.3 Å². The minimum Gasteiger partial charge on any atom is -0.494 e. The maximum atomic E-state index is 11.5. The van der Waals surface area contributed by atoms with Crippen molar-refractivity contribution in [2.45, 2.75) is 13.8 Å². The molecule has 2 rings (SSSR count). The highest BCUT2D eigenvalue weighted by atomic mass is 32.1. The maximum absolute atomic E-state index is 11.5. The first kappa shape index (κ1) is 14.3. The van der Waals surface area contributed by atoms with Crippen LogP contribution < -0.4 is 4.74 Å². The fourth-order valence-corrected chi connectivity index (χ4v) is 2.62.